The number of aromatic nitrogens is 3. The Kier molecular flexibility index (Phi) is 6.03. The maximum atomic E-state index is 12.8. The molecule has 0 unspecified atom stereocenters. The van der Waals surface area contributed by atoms with Gasteiger partial charge in [0.1, 0.15) is 5.75 Å². The van der Waals surface area contributed by atoms with Crippen molar-refractivity contribution in [1.29, 1.82) is 0 Å². The maximum Gasteiger partial charge on any atom is 0.260 e. The third-order valence-corrected chi connectivity index (χ3v) is 5.16. The SMILES string of the molecule is O=C(Nc1ccccc1-n1ccnn1)C1CCN(C(=O)COc2ccccc2)CC1. The van der Waals surface area contributed by atoms with Crippen molar-refractivity contribution in [2.24, 2.45) is 5.92 Å². The lowest BCUT2D eigenvalue weighted by atomic mass is 9.95. The Morgan fingerprint density at radius 3 is 2.50 bits per heavy atom. The highest BCUT2D eigenvalue weighted by Crippen LogP contribution is 2.23. The summed E-state index contributed by atoms with van der Waals surface area (Å²) in [6, 6.07) is 16.7. The second-order valence-electron chi connectivity index (χ2n) is 7.11. The highest BCUT2D eigenvalue weighted by molar-refractivity contribution is 5.94. The summed E-state index contributed by atoms with van der Waals surface area (Å²) in [6.07, 6.45) is 4.56. The van der Waals surface area contributed by atoms with Gasteiger partial charge in [0.15, 0.2) is 6.61 Å². The van der Waals surface area contributed by atoms with Crippen LogP contribution < -0.4 is 10.1 Å². The zero-order valence-corrected chi connectivity index (χ0v) is 16.5. The minimum absolute atomic E-state index is 0.00611. The van der Waals surface area contributed by atoms with Crippen molar-refractivity contribution in [3.05, 3.63) is 67.0 Å². The van der Waals surface area contributed by atoms with E-state index in [0.717, 1.165) is 5.69 Å². The highest BCUT2D eigenvalue weighted by Gasteiger charge is 2.28. The number of likely N-dealkylation sites (tertiary alicyclic amines) is 1. The van der Waals surface area contributed by atoms with E-state index in [-0.39, 0.29) is 24.3 Å². The van der Waals surface area contributed by atoms with E-state index in [0.29, 0.717) is 37.4 Å². The lowest BCUT2D eigenvalue weighted by molar-refractivity contribution is -0.136. The first kappa shape index (κ1) is 19.6. The van der Waals surface area contributed by atoms with Gasteiger partial charge in [-0.2, -0.15) is 0 Å². The number of carbonyl (C=O) groups is 2. The average molecular weight is 405 g/mol. The summed E-state index contributed by atoms with van der Waals surface area (Å²) in [7, 11) is 0. The largest absolute Gasteiger partial charge is 0.484 e. The molecule has 0 bridgehead atoms. The maximum absolute atomic E-state index is 12.8. The molecular formula is C22H23N5O3. The number of anilines is 1. The van der Waals surface area contributed by atoms with Crippen molar-refractivity contribution in [3.8, 4) is 11.4 Å². The number of piperidine rings is 1. The summed E-state index contributed by atoms with van der Waals surface area (Å²) in [5.41, 5.74) is 1.44. The Morgan fingerprint density at radius 2 is 1.77 bits per heavy atom. The predicted octanol–water partition coefficient (Wildman–Crippen LogP) is 2.52. The molecule has 0 aliphatic carbocycles. The van der Waals surface area contributed by atoms with Gasteiger partial charge in [0.05, 0.1) is 23.8 Å². The third kappa shape index (κ3) is 4.65. The number of hydrogen-bond donors (Lipinski definition) is 1. The van der Waals surface area contributed by atoms with Crippen molar-refractivity contribution in [3.63, 3.8) is 0 Å². The van der Waals surface area contributed by atoms with Crippen LogP contribution in [0.4, 0.5) is 5.69 Å². The quantitative estimate of drug-likeness (QED) is 0.681. The number of benzene rings is 2. The Hall–Kier alpha value is -3.68. The number of hydrogen-bond acceptors (Lipinski definition) is 5. The molecule has 1 N–H and O–H groups in total. The van der Waals surface area contributed by atoms with Gasteiger partial charge in [-0.25, -0.2) is 4.68 Å². The lowest BCUT2D eigenvalue weighted by Gasteiger charge is -2.31. The first-order valence-corrected chi connectivity index (χ1v) is 9.93. The van der Waals surface area contributed by atoms with E-state index in [1.165, 1.54) is 0 Å². The molecule has 2 heterocycles. The molecule has 0 spiro atoms. The molecule has 1 fully saturated rings. The van der Waals surface area contributed by atoms with Crippen LogP contribution >= 0.6 is 0 Å². The second-order valence-corrected chi connectivity index (χ2v) is 7.11. The van der Waals surface area contributed by atoms with E-state index in [2.05, 4.69) is 15.6 Å². The van der Waals surface area contributed by atoms with Gasteiger partial charge in [-0.1, -0.05) is 35.5 Å². The first-order chi connectivity index (χ1) is 14.7. The van der Waals surface area contributed by atoms with Crippen LogP contribution in [0.1, 0.15) is 12.8 Å². The molecule has 2 amide bonds. The number of nitrogens with zero attached hydrogens (tertiary/aromatic N) is 4. The summed E-state index contributed by atoms with van der Waals surface area (Å²) in [5.74, 6) is 0.420. The minimum atomic E-state index is -0.145. The van der Waals surface area contributed by atoms with Crippen LogP contribution in [-0.2, 0) is 9.59 Å². The molecule has 0 atom stereocenters. The van der Waals surface area contributed by atoms with Crippen molar-refractivity contribution >= 4 is 17.5 Å². The van der Waals surface area contributed by atoms with Crippen molar-refractivity contribution < 1.29 is 14.3 Å². The van der Waals surface area contributed by atoms with Gasteiger partial charge in [0, 0.05) is 19.0 Å². The van der Waals surface area contributed by atoms with Crippen LogP contribution in [0.25, 0.3) is 5.69 Å². The van der Waals surface area contributed by atoms with Crippen LogP contribution in [0.2, 0.25) is 0 Å². The van der Waals surface area contributed by atoms with E-state index < -0.39 is 0 Å². The highest BCUT2D eigenvalue weighted by atomic mass is 16.5. The Bertz CT molecular complexity index is 983. The molecule has 1 aliphatic heterocycles. The molecule has 1 aromatic heterocycles. The van der Waals surface area contributed by atoms with Gasteiger partial charge in [0.25, 0.3) is 5.91 Å². The fourth-order valence-electron chi connectivity index (χ4n) is 3.49. The van der Waals surface area contributed by atoms with Crippen molar-refractivity contribution in [2.75, 3.05) is 25.0 Å². The Balaban J connectivity index is 1.29. The number of carbonyl (C=O) groups excluding carboxylic acids is 2. The third-order valence-electron chi connectivity index (χ3n) is 5.16. The van der Waals surface area contributed by atoms with E-state index in [4.69, 9.17) is 4.74 Å². The Labute approximate surface area is 174 Å². The van der Waals surface area contributed by atoms with E-state index in [1.807, 2.05) is 54.6 Å². The van der Waals surface area contributed by atoms with Crippen LogP contribution in [0.5, 0.6) is 5.75 Å². The van der Waals surface area contributed by atoms with E-state index in [1.54, 1.807) is 22.0 Å². The summed E-state index contributed by atoms with van der Waals surface area (Å²) in [5, 5.41) is 10.8. The smallest absolute Gasteiger partial charge is 0.260 e. The summed E-state index contributed by atoms with van der Waals surface area (Å²) in [4.78, 5) is 27.0. The standard InChI is InChI=1S/C22H23N5O3/c28-21(16-30-18-6-2-1-3-7-18)26-13-10-17(11-14-26)22(29)24-19-8-4-5-9-20(19)27-15-12-23-25-27/h1-9,12,15,17H,10-11,13-14,16H2,(H,24,29). The molecule has 8 heteroatoms. The molecule has 8 nitrogen and oxygen atoms in total. The molecule has 4 rings (SSSR count). The first-order valence-electron chi connectivity index (χ1n) is 9.93. The second kappa shape index (κ2) is 9.21. The van der Waals surface area contributed by atoms with Crippen LogP contribution in [0.15, 0.2) is 67.0 Å². The normalized spacial score (nSPS) is 14.3. The van der Waals surface area contributed by atoms with Gasteiger partial charge in [-0.15, -0.1) is 5.10 Å². The number of nitrogens with one attached hydrogen (secondary N) is 1. The molecule has 3 aromatic rings. The van der Waals surface area contributed by atoms with Gasteiger partial charge in [-0.3, -0.25) is 9.59 Å². The van der Waals surface area contributed by atoms with Gasteiger partial charge >= 0.3 is 0 Å². The molecule has 0 saturated carbocycles. The fourth-order valence-corrected chi connectivity index (χ4v) is 3.49. The van der Waals surface area contributed by atoms with Crippen molar-refractivity contribution in [2.45, 2.75) is 12.8 Å². The molecule has 30 heavy (non-hydrogen) atoms. The topological polar surface area (TPSA) is 89.4 Å². The number of amides is 2. The predicted molar refractivity (Wildman–Crippen MR) is 111 cm³/mol. The summed E-state index contributed by atoms with van der Waals surface area (Å²) in [6.45, 7) is 1.09. The van der Waals surface area contributed by atoms with E-state index >= 15 is 0 Å². The fraction of sp³-hybridized carbons (Fsp3) is 0.273. The van der Waals surface area contributed by atoms with Gasteiger partial charge < -0.3 is 15.0 Å². The van der Waals surface area contributed by atoms with Crippen LogP contribution in [-0.4, -0.2) is 51.4 Å². The summed E-state index contributed by atoms with van der Waals surface area (Å²) >= 11 is 0. The Morgan fingerprint density at radius 1 is 1.03 bits per heavy atom. The molecule has 1 aliphatic rings. The molecular weight excluding hydrogens is 382 g/mol. The zero-order chi connectivity index (χ0) is 20.8. The number of para-hydroxylation sites is 3. The molecule has 1 saturated heterocycles. The average Bonchev–Trinajstić information content (AvgIpc) is 3.33. The van der Waals surface area contributed by atoms with Crippen LogP contribution in [0, 0.1) is 5.92 Å². The van der Waals surface area contributed by atoms with Crippen molar-refractivity contribution in [1.82, 2.24) is 19.9 Å². The lowest BCUT2D eigenvalue weighted by Crippen LogP contribution is -2.43. The minimum Gasteiger partial charge on any atom is -0.484 e. The number of rotatable bonds is 6. The monoisotopic (exact) mass is 405 g/mol. The molecule has 2 aromatic carbocycles. The zero-order valence-electron chi connectivity index (χ0n) is 16.5. The molecule has 154 valence electrons. The van der Waals surface area contributed by atoms with Gasteiger partial charge in [-0.05, 0) is 37.1 Å². The molecule has 0 radical (unpaired) electrons. The van der Waals surface area contributed by atoms with E-state index in [9.17, 15) is 9.59 Å². The van der Waals surface area contributed by atoms with Crippen LogP contribution in [0.3, 0.4) is 0 Å². The number of ether oxygens (including phenoxy) is 1. The summed E-state index contributed by atoms with van der Waals surface area (Å²) < 4.78 is 7.15. The van der Waals surface area contributed by atoms with Gasteiger partial charge in [0.2, 0.25) is 5.91 Å².